The Morgan fingerprint density at radius 1 is 1.00 bits per heavy atom. The molecule has 2 rings (SSSR count). The fourth-order valence-electron chi connectivity index (χ4n) is 2.56. The average Bonchev–Trinajstić information content (AvgIpc) is 2.41. The van der Waals surface area contributed by atoms with E-state index in [1.54, 1.807) is 0 Å². The van der Waals surface area contributed by atoms with Crippen LogP contribution in [0.5, 0.6) is 0 Å². The van der Waals surface area contributed by atoms with Crippen LogP contribution in [0, 0.1) is 34.6 Å². The van der Waals surface area contributed by atoms with Gasteiger partial charge < -0.3 is 5.32 Å². The molecule has 1 aromatic carbocycles. The molecule has 0 aliphatic rings. The van der Waals surface area contributed by atoms with Gasteiger partial charge in [0.2, 0.25) is 5.91 Å². The van der Waals surface area contributed by atoms with Crippen LogP contribution in [-0.2, 0) is 4.79 Å². The van der Waals surface area contributed by atoms with Gasteiger partial charge >= 0.3 is 0 Å². The molecule has 1 heterocycles. The number of nitrogens with one attached hydrogen (secondary N) is 1. The smallest absolute Gasteiger partial charge is 0.237 e. The quantitative estimate of drug-likeness (QED) is 0.676. The number of hydrogen-bond donors (Lipinski definition) is 1. The third-order valence-corrected chi connectivity index (χ3v) is 4.50. The normalized spacial score (nSPS) is 12.1. The number of thioether (sulfide) groups is 1. The van der Waals surface area contributed by atoms with Gasteiger partial charge in [0.25, 0.3) is 0 Å². The number of anilines is 1. The van der Waals surface area contributed by atoms with Crippen molar-refractivity contribution in [2.75, 3.05) is 5.32 Å². The van der Waals surface area contributed by atoms with Gasteiger partial charge in [-0.15, -0.1) is 0 Å². The molecule has 0 fully saturated rings. The van der Waals surface area contributed by atoms with E-state index in [1.807, 2.05) is 40.7 Å². The highest BCUT2D eigenvalue weighted by atomic mass is 32.2. The maximum atomic E-state index is 12.5. The fourth-order valence-corrected chi connectivity index (χ4v) is 3.44. The van der Waals surface area contributed by atoms with Crippen LogP contribution in [-0.4, -0.2) is 21.1 Å². The summed E-state index contributed by atoms with van der Waals surface area (Å²) in [5.41, 5.74) is 6.08. The molecular formula is C18H23N3OS. The zero-order valence-electron chi connectivity index (χ0n) is 14.5. The molecule has 1 aromatic heterocycles. The lowest BCUT2D eigenvalue weighted by Crippen LogP contribution is -2.23. The number of benzene rings is 1. The Morgan fingerprint density at radius 2 is 1.52 bits per heavy atom. The standard InChI is InChI=1S/C18H23N3OS/c1-10-7-11(2)16(12(3)8-10)21-17(22)15(6)23-18-19-13(4)9-14(5)20-18/h7-9,15H,1-6H3,(H,21,22)/t15-/m0/s1. The molecule has 5 heteroatoms. The van der Waals surface area contributed by atoms with Crippen molar-refractivity contribution in [1.82, 2.24) is 9.97 Å². The van der Waals surface area contributed by atoms with Gasteiger partial charge in [0.1, 0.15) is 0 Å². The molecular weight excluding hydrogens is 306 g/mol. The first kappa shape index (κ1) is 17.5. The van der Waals surface area contributed by atoms with E-state index in [9.17, 15) is 4.79 Å². The summed E-state index contributed by atoms with van der Waals surface area (Å²) < 4.78 is 0. The van der Waals surface area contributed by atoms with E-state index in [-0.39, 0.29) is 11.2 Å². The average molecular weight is 329 g/mol. The number of aryl methyl sites for hydroxylation is 5. The molecule has 23 heavy (non-hydrogen) atoms. The van der Waals surface area contributed by atoms with Crippen LogP contribution in [0.4, 0.5) is 5.69 Å². The largest absolute Gasteiger partial charge is 0.325 e. The van der Waals surface area contributed by atoms with Crippen LogP contribution in [0.3, 0.4) is 0 Å². The highest BCUT2D eigenvalue weighted by Crippen LogP contribution is 2.25. The predicted octanol–water partition coefficient (Wildman–Crippen LogP) is 4.14. The number of amides is 1. The summed E-state index contributed by atoms with van der Waals surface area (Å²) in [6.45, 7) is 11.8. The van der Waals surface area contributed by atoms with E-state index in [4.69, 9.17) is 0 Å². The summed E-state index contributed by atoms with van der Waals surface area (Å²) in [7, 11) is 0. The van der Waals surface area contributed by atoms with Gasteiger partial charge in [-0.2, -0.15) is 0 Å². The Hall–Kier alpha value is -1.88. The number of aromatic nitrogens is 2. The van der Waals surface area contributed by atoms with Crippen molar-refractivity contribution in [1.29, 1.82) is 0 Å². The monoisotopic (exact) mass is 329 g/mol. The van der Waals surface area contributed by atoms with Gasteiger partial charge in [0, 0.05) is 17.1 Å². The van der Waals surface area contributed by atoms with Gasteiger partial charge in [0.15, 0.2) is 5.16 Å². The van der Waals surface area contributed by atoms with Crippen molar-refractivity contribution in [3.05, 3.63) is 46.3 Å². The maximum Gasteiger partial charge on any atom is 0.237 e. The van der Waals surface area contributed by atoms with E-state index in [0.717, 1.165) is 28.2 Å². The van der Waals surface area contributed by atoms with Crippen molar-refractivity contribution in [2.24, 2.45) is 0 Å². The summed E-state index contributed by atoms with van der Waals surface area (Å²) in [6.07, 6.45) is 0. The van der Waals surface area contributed by atoms with E-state index in [0.29, 0.717) is 5.16 Å². The first-order valence-electron chi connectivity index (χ1n) is 7.64. The van der Waals surface area contributed by atoms with E-state index >= 15 is 0 Å². The zero-order valence-corrected chi connectivity index (χ0v) is 15.3. The molecule has 0 aliphatic heterocycles. The molecule has 2 aromatic rings. The molecule has 0 saturated carbocycles. The Bertz CT molecular complexity index is 700. The lowest BCUT2D eigenvalue weighted by molar-refractivity contribution is -0.115. The van der Waals surface area contributed by atoms with Crippen molar-refractivity contribution in [3.63, 3.8) is 0 Å². The van der Waals surface area contributed by atoms with Crippen molar-refractivity contribution < 1.29 is 4.79 Å². The molecule has 122 valence electrons. The highest BCUT2D eigenvalue weighted by molar-refractivity contribution is 8.00. The van der Waals surface area contributed by atoms with Gasteiger partial charge in [-0.1, -0.05) is 29.5 Å². The Morgan fingerprint density at radius 3 is 2.04 bits per heavy atom. The molecule has 0 spiro atoms. The fraction of sp³-hybridized carbons (Fsp3) is 0.389. The van der Waals surface area contributed by atoms with Crippen LogP contribution < -0.4 is 5.32 Å². The van der Waals surface area contributed by atoms with E-state index < -0.39 is 0 Å². The topological polar surface area (TPSA) is 54.9 Å². The predicted molar refractivity (Wildman–Crippen MR) is 96.1 cm³/mol. The molecule has 1 amide bonds. The van der Waals surface area contributed by atoms with Gasteiger partial charge in [-0.25, -0.2) is 9.97 Å². The molecule has 1 N–H and O–H groups in total. The minimum Gasteiger partial charge on any atom is -0.325 e. The van der Waals surface area contributed by atoms with Crippen molar-refractivity contribution in [3.8, 4) is 0 Å². The van der Waals surface area contributed by atoms with Gasteiger partial charge in [-0.05, 0) is 58.7 Å². The van der Waals surface area contributed by atoms with E-state index in [1.165, 1.54) is 17.3 Å². The second-order valence-corrected chi connectivity index (χ2v) is 7.26. The van der Waals surface area contributed by atoms with Crippen LogP contribution >= 0.6 is 11.8 Å². The highest BCUT2D eigenvalue weighted by Gasteiger charge is 2.18. The van der Waals surface area contributed by atoms with Crippen molar-refractivity contribution in [2.45, 2.75) is 51.9 Å². The summed E-state index contributed by atoms with van der Waals surface area (Å²) in [6, 6.07) is 6.08. The summed E-state index contributed by atoms with van der Waals surface area (Å²) >= 11 is 1.38. The van der Waals surface area contributed by atoms with Gasteiger partial charge in [0.05, 0.1) is 5.25 Å². The third-order valence-electron chi connectivity index (χ3n) is 3.54. The summed E-state index contributed by atoms with van der Waals surface area (Å²) in [4.78, 5) is 21.3. The minimum absolute atomic E-state index is 0.0344. The van der Waals surface area contributed by atoms with Crippen molar-refractivity contribution >= 4 is 23.4 Å². The first-order valence-corrected chi connectivity index (χ1v) is 8.52. The SMILES string of the molecule is Cc1cc(C)c(NC(=O)[C@H](C)Sc2nc(C)cc(C)n2)c(C)c1. The van der Waals surface area contributed by atoms with Gasteiger partial charge in [-0.3, -0.25) is 4.79 Å². The molecule has 0 saturated heterocycles. The van der Waals surface area contributed by atoms with Crippen LogP contribution in [0.15, 0.2) is 23.4 Å². The lowest BCUT2D eigenvalue weighted by atomic mass is 10.1. The molecule has 4 nitrogen and oxygen atoms in total. The number of carbonyl (C=O) groups is 1. The lowest BCUT2D eigenvalue weighted by Gasteiger charge is -2.16. The second-order valence-electron chi connectivity index (χ2n) is 5.96. The number of nitrogens with zero attached hydrogens (tertiary/aromatic N) is 2. The number of hydrogen-bond acceptors (Lipinski definition) is 4. The second kappa shape index (κ2) is 7.13. The number of carbonyl (C=O) groups excluding carboxylic acids is 1. The molecule has 0 unspecified atom stereocenters. The van der Waals surface area contributed by atoms with Crippen LogP contribution in [0.25, 0.3) is 0 Å². The Labute approximate surface area is 142 Å². The molecule has 0 aliphatic carbocycles. The minimum atomic E-state index is -0.267. The Kier molecular flexibility index (Phi) is 5.42. The maximum absolute atomic E-state index is 12.5. The zero-order chi connectivity index (χ0) is 17.1. The number of rotatable bonds is 4. The summed E-state index contributed by atoms with van der Waals surface area (Å²) in [5, 5.41) is 3.41. The van der Waals surface area contributed by atoms with Crippen LogP contribution in [0.2, 0.25) is 0 Å². The van der Waals surface area contributed by atoms with Crippen LogP contribution in [0.1, 0.15) is 35.0 Å². The summed E-state index contributed by atoms with van der Waals surface area (Å²) in [5.74, 6) is -0.0344. The first-order chi connectivity index (χ1) is 10.8. The molecule has 1 atom stereocenters. The Balaban J connectivity index is 2.11. The molecule has 0 radical (unpaired) electrons. The third kappa shape index (κ3) is 4.55. The molecule has 0 bridgehead atoms. The van der Waals surface area contributed by atoms with E-state index in [2.05, 4.69) is 34.3 Å².